The number of rotatable bonds is 7. The molecule has 158 valence electrons. The van der Waals surface area contributed by atoms with E-state index in [1.807, 2.05) is 12.1 Å². The third-order valence-corrected chi connectivity index (χ3v) is 5.90. The summed E-state index contributed by atoms with van der Waals surface area (Å²) < 4.78 is 1.79. The zero-order chi connectivity index (χ0) is 22.1. The molecular weight excluding hydrogens is 463 g/mol. The van der Waals surface area contributed by atoms with Crippen LogP contribution in [0, 0.1) is 0 Å². The lowest BCUT2D eigenvalue weighted by atomic mass is 9.99. The molecule has 0 aromatic heterocycles. The Morgan fingerprint density at radius 3 is 2.23 bits per heavy atom. The summed E-state index contributed by atoms with van der Waals surface area (Å²) in [5.41, 5.74) is 6.29. The standard InChI is InChI=1S/C21H16Cl3NO2S.CH5N/c22-14-5-8-16(9-6-14)28-25(11-12-26)20-10-7-15(23)13-18(20)21(27)17-3-1-2-4-19(17)24;1-2/h1-10,12-13,21,27H,11H2;2H2,1H3. The van der Waals surface area contributed by atoms with E-state index in [4.69, 9.17) is 34.8 Å². The quantitative estimate of drug-likeness (QED) is 0.318. The predicted octanol–water partition coefficient (Wildman–Crippen LogP) is 6.02. The first-order valence-electron chi connectivity index (χ1n) is 8.94. The molecule has 0 saturated heterocycles. The minimum absolute atomic E-state index is 0.122. The van der Waals surface area contributed by atoms with E-state index in [2.05, 4.69) is 5.73 Å². The Morgan fingerprint density at radius 1 is 0.967 bits per heavy atom. The van der Waals surface area contributed by atoms with E-state index in [1.165, 1.54) is 19.0 Å². The molecule has 0 aliphatic rings. The highest BCUT2D eigenvalue weighted by molar-refractivity contribution is 8.00. The third-order valence-electron chi connectivity index (χ3n) is 4.02. The maximum absolute atomic E-state index is 11.3. The van der Waals surface area contributed by atoms with E-state index in [0.29, 0.717) is 31.9 Å². The minimum Gasteiger partial charge on any atom is -0.384 e. The topological polar surface area (TPSA) is 66.6 Å². The lowest BCUT2D eigenvalue weighted by molar-refractivity contribution is -0.106. The van der Waals surface area contributed by atoms with Gasteiger partial charge in [-0.3, -0.25) is 0 Å². The van der Waals surface area contributed by atoms with Crippen molar-refractivity contribution in [1.29, 1.82) is 0 Å². The number of hydrogen-bond acceptors (Lipinski definition) is 5. The fourth-order valence-corrected chi connectivity index (χ4v) is 4.17. The van der Waals surface area contributed by atoms with Crippen molar-refractivity contribution in [2.24, 2.45) is 5.73 Å². The Hall–Kier alpha value is -1.73. The van der Waals surface area contributed by atoms with E-state index >= 15 is 0 Å². The number of carbonyl (C=O) groups excluding carboxylic acids is 1. The number of anilines is 1. The van der Waals surface area contributed by atoms with Crippen LogP contribution in [-0.4, -0.2) is 25.0 Å². The second-order valence-corrected chi connectivity index (χ2v) is 8.27. The van der Waals surface area contributed by atoms with Gasteiger partial charge in [-0.2, -0.15) is 0 Å². The summed E-state index contributed by atoms with van der Waals surface area (Å²) in [6.45, 7) is 0.122. The van der Waals surface area contributed by atoms with Crippen molar-refractivity contribution in [1.82, 2.24) is 0 Å². The van der Waals surface area contributed by atoms with E-state index < -0.39 is 6.10 Å². The number of hydrogen-bond donors (Lipinski definition) is 2. The van der Waals surface area contributed by atoms with Crippen LogP contribution in [0.5, 0.6) is 0 Å². The fourth-order valence-electron chi connectivity index (χ4n) is 2.71. The van der Waals surface area contributed by atoms with Crippen LogP contribution >= 0.6 is 46.8 Å². The Balaban J connectivity index is 0.00000155. The van der Waals surface area contributed by atoms with Gasteiger partial charge in [-0.25, -0.2) is 0 Å². The van der Waals surface area contributed by atoms with Crippen molar-refractivity contribution in [3.63, 3.8) is 0 Å². The molecule has 1 atom stereocenters. The van der Waals surface area contributed by atoms with Crippen LogP contribution in [0.2, 0.25) is 15.1 Å². The molecule has 30 heavy (non-hydrogen) atoms. The van der Waals surface area contributed by atoms with Crippen LogP contribution in [-0.2, 0) is 4.79 Å². The van der Waals surface area contributed by atoms with Crippen molar-refractivity contribution in [2.45, 2.75) is 11.0 Å². The molecule has 0 fully saturated rings. The van der Waals surface area contributed by atoms with Gasteiger partial charge >= 0.3 is 0 Å². The summed E-state index contributed by atoms with van der Waals surface area (Å²) in [5, 5.41) is 12.6. The van der Waals surface area contributed by atoms with Crippen LogP contribution in [0.15, 0.2) is 71.6 Å². The van der Waals surface area contributed by atoms with Crippen molar-refractivity contribution in [3.05, 3.63) is 92.9 Å². The number of halogens is 3. The number of benzene rings is 3. The molecule has 3 N–H and O–H groups in total. The Kier molecular flexibility index (Phi) is 9.98. The van der Waals surface area contributed by atoms with Gasteiger partial charge in [0, 0.05) is 31.1 Å². The predicted molar refractivity (Wildman–Crippen MR) is 128 cm³/mol. The molecule has 0 aliphatic heterocycles. The van der Waals surface area contributed by atoms with E-state index in [-0.39, 0.29) is 6.54 Å². The number of aliphatic hydroxyl groups excluding tert-OH is 1. The van der Waals surface area contributed by atoms with Crippen molar-refractivity contribution < 1.29 is 9.90 Å². The Morgan fingerprint density at radius 2 is 1.60 bits per heavy atom. The zero-order valence-corrected chi connectivity index (χ0v) is 19.2. The average Bonchev–Trinajstić information content (AvgIpc) is 2.76. The smallest absolute Gasteiger partial charge is 0.140 e. The molecular formula is C22H21Cl3N2O2S. The summed E-state index contributed by atoms with van der Waals surface area (Å²) in [4.78, 5) is 12.2. The first-order chi connectivity index (χ1) is 14.5. The Bertz CT molecular complexity index is 971. The fraction of sp³-hybridized carbons (Fsp3) is 0.136. The van der Waals surface area contributed by atoms with E-state index in [9.17, 15) is 9.90 Å². The number of aldehydes is 1. The van der Waals surface area contributed by atoms with E-state index in [0.717, 1.165) is 11.2 Å². The van der Waals surface area contributed by atoms with Crippen molar-refractivity contribution >= 4 is 58.7 Å². The highest BCUT2D eigenvalue weighted by Gasteiger charge is 2.21. The van der Waals surface area contributed by atoms with Crippen LogP contribution in [0.3, 0.4) is 0 Å². The molecule has 0 radical (unpaired) electrons. The highest BCUT2D eigenvalue weighted by Crippen LogP contribution is 2.39. The van der Waals surface area contributed by atoms with Gasteiger partial charge in [-0.05, 0) is 67.5 Å². The molecule has 3 aromatic rings. The molecule has 0 bridgehead atoms. The molecule has 0 aliphatic carbocycles. The molecule has 8 heteroatoms. The third kappa shape index (κ3) is 6.38. The second-order valence-electron chi connectivity index (χ2n) is 5.90. The lowest BCUT2D eigenvalue weighted by Gasteiger charge is -2.26. The highest BCUT2D eigenvalue weighted by atomic mass is 35.5. The second kappa shape index (κ2) is 12.2. The first kappa shape index (κ1) is 24.5. The monoisotopic (exact) mass is 482 g/mol. The summed E-state index contributed by atoms with van der Waals surface area (Å²) in [6, 6.07) is 19.6. The molecule has 0 amide bonds. The van der Waals surface area contributed by atoms with E-state index in [1.54, 1.807) is 58.9 Å². The minimum atomic E-state index is -0.998. The summed E-state index contributed by atoms with van der Waals surface area (Å²) in [6.07, 6.45) is -0.189. The zero-order valence-electron chi connectivity index (χ0n) is 16.1. The van der Waals surface area contributed by atoms with Gasteiger partial charge < -0.3 is 19.9 Å². The lowest BCUT2D eigenvalue weighted by Crippen LogP contribution is -2.19. The molecule has 1 unspecified atom stereocenters. The van der Waals surface area contributed by atoms with Gasteiger partial charge in [0.05, 0.1) is 12.2 Å². The molecule has 0 heterocycles. The SMILES string of the molecule is CN.O=CCN(Sc1ccc(Cl)cc1)c1ccc(Cl)cc1C(O)c1ccccc1Cl. The molecule has 0 saturated carbocycles. The molecule has 3 rings (SSSR count). The first-order valence-corrected chi connectivity index (χ1v) is 10.8. The van der Waals surface area contributed by atoms with Gasteiger partial charge in [-0.1, -0.05) is 53.0 Å². The van der Waals surface area contributed by atoms with Crippen LogP contribution < -0.4 is 10.0 Å². The van der Waals surface area contributed by atoms with Crippen LogP contribution in [0.1, 0.15) is 17.2 Å². The summed E-state index contributed by atoms with van der Waals surface area (Å²) in [7, 11) is 1.50. The average molecular weight is 484 g/mol. The van der Waals surface area contributed by atoms with Gasteiger partial charge in [0.2, 0.25) is 0 Å². The van der Waals surface area contributed by atoms with Gasteiger partial charge in [-0.15, -0.1) is 0 Å². The summed E-state index contributed by atoms with van der Waals surface area (Å²) >= 11 is 19.8. The molecule has 0 spiro atoms. The number of carbonyl (C=O) groups is 1. The molecule has 4 nitrogen and oxygen atoms in total. The normalized spacial score (nSPS) is 11.3. The van der Waals surface area contributed by atoms with Gasteiger partial charge in [0.15, 0.2) is 0 Å². The van der Waals surface area contributed by atoms with Crippen molar-refractivity contribution in [3.8, 4) is 0 Å². The molecule has 3 aromatic carbocycles. The largest absolute Gasteiger partial charge is 0.384 e. The van der Waals surface area contributed by atoms with Crippen molar-refractivity contribution in [2.75, 3.05) is 17.9 Å². The number of nitrogens with two attached hydrogens (primary N) is 1. The van der Waals surface area contributed by atoms with Gasteiger partial charge in [0.1, 0.15) is 12.4 Å². The summed E-state index contributed by atoms with van der Waals surface area (Å²) in [5.74, 6) is 0. The van der Waals surface area contributed by atoms with Gasteiger partial charge in [0.25, 0.3) is 0 Å². The Labute approximate surface area is 195 Å². The number of aliphatic hydroxyl groups is 1. The maximum Gasteiger partial charge on any atom is 0.140 e. The number of nitrogens with zero attached hydrogens (tertiary/aromatic N) is 1. The van der Waals surface area contributed by atoms with Crippen LogP contribution in [0.4, 0.5) is 5.69 Å². The maximum atomic E-state index is 11.3. The van der Waals surface area contributed by atoms with Crippen LogP contribution in [0.25, 0.3) is 0 Å².